The summed E-state index contributed by atoms with van der Waals surface area (Å²) in [5.74, 6) is -1.13. The molecule has 4 rings (SSSR count). The lowest BCUT2D eigenvalue weighted by molar-refractivity contribution is -0.137. The van der Waals surface area contributed by atoms with Gasteiger partial charge in [-0.15, -0.1) is 0 Å². The van der Waals surface area contributed by atoms with Gasteiger partial charge in [0.1, 0.15) is 0 Å². The van der Waals surface area contributed by atoms with Crippen LogP contribution in [-0.4, -0.2) is 47.2 Å². The van der Waals surface area contributed by atoms with Crippen molar-refractivity contribution >= 4 is 11.9 Å². The number of carbonyl (C=O) groups is 2. The number of carboxylic acid groups (broad SMARTS) is 2. The minimum atomic E-state index is -4.26. The molecule has 29 heavy (non-hydrogen) atoms. The van der Waals surface area contributed by atoms with Gasteiger partial charge in [-0.1, -0.05) is 30.4 Å². The third-order valence-corrected chi connectivity index (χ3v) is 6.09. The maximum Gasteiger partial charge on any atom is 0.416 e. The molecule has 8 heteroatoms. The predicted octanol–water partition coefficient (Wildman–Crippen LogP) is 3.42. The van der Waals surface area contributed by atoms with Gasteiger partial charge in [0.2, 0.25) is 0 Å². The van der Waals surface area contributed by atoms with Crippen molar-refractivity contribution < 1.29 is 33.0 Å². The topological polar surface area (TPSA) is 77.8 Å². The number of likely N-dealkylation sites (N-methyl/N-ethyl adjacent to an activating group) is 1. The van der Waals surface area contributed by atoms with E-state index in [0.29, 0.717) is 29.9 Å². The Morgan fingerprint density at radius 1 is 1.17 bits per heavy atom. The summed E-state index contributed by atoms with van der Waals surface area (Å²) in [7, 11) is 2.08. The average Bonchev–Trinajstić information content (AvgIpc) is 3.31. The first kappa shape index (κ1) is 21.1. The van der Waals surface area contributed by atoms with E-state index in [1.54, 1.807) is 6.07 Å². The van der Waals surface area contributed by atoms with Crippen LogP contribution < -0.4 is 0 Å². The molecule has 1 aromatic carbocycles. The first-order valence-corrected chi connectivity index (χ1v) is 9.22. The molecule has 0 aromatic heterocycles. The molecule has 1 heterocycles. The molecule has 0 spiro atoms. The number of halogens is 3. The Morgan fingerprint density at radius 2 is 1.83 bits per heavy atom. The molecule has 1 aromatic rings. The van der Waals surface area contributed by atoms with Gasteiger partial charge < -0.3 is 15.1 Å². The van der Waals surface area contributed by atoms with Crippen LogP contribution in [0.5, 0.6) is 0 Å². The molecule has 5 nitrogen and oxygen atoms in total. The molecule has 156 valence electrons. The maximum absolute atomic E-state index is 13.0. The van der Waals surface area contributed by atoms with E-state index in [0.717, 1.165) is 25.1 Å². The molecule has 4 atom stereocenters. The Bertz CT molecular complexity index is 848. The van der Waals surface area contributed by atoms with Gasteiger partial charge >= 0.3 is 18.1 Å². The van der Waals surface area contributed by atoms with Gasteiger partial charge in [-0.2, -0.15) is 13.2 Å². The highest BCUT2D eigenvalue weighted by Crippen LogP contribution is 2.60. The summed E-state index contributed by atoms with van der Waals surface area (Å²) in [6, 6.07) is 6.03. The van der Waals surface area contributed by atoms with Crippen LogP contribution in [0, 0.1) is 17.8 Å². The van der Waals surface area contributed by atoms with Crippen molar-refractivity contribution in [1.29, 1.82) is 0 Å². The van der Waals surface area contributed by atoms with Crippen molar-refractivity contribution in [2.75, 3.05) is 20.1 Å². The highest BCUT2D eigenvalue weighted by molar-refractivity contribution is 5.89. The minimum Gasteiger partial charge on any atom is -0.478 e. The van der Waals surface area contributed by atoms with Gasteiger partial charge in [-0.05, 0) is 42.9 Å². The molecule has 0 radical (unpaired) electrons. The summed E-state index contributed by atoms with van der Waals surface area (Å²) in [5, 5.41) is 15.6. The quantitative estimate of drug-likeness (QED) is 0.591. The van der Waals surface area contributed by atoms with E-state index in [9.17, 15) is 22.8 Å². The van der Waals surface area contributed by atoms with Crippen molar-refractivity contribution in [3.05, 3.63) is 59.7 Å². The number of aliphatic carboxylic acids is 2. The van der Waals surface area contributed by atoms with E-state index in [2.05, 4.69) is 24.1 Å². The Balaban J connectivity index is 0.000000258. The molecule has 1 saturated carbocycles. The number of benzene rings is 1. The molecule has 1 saturated heterocycles. The highest BCUT2D eigenvalue weighted by atomic mass is 19.4. The van der Waals surface area contributed by atoms with Crippen LogP contribution in [0.4, 0.5) is 13.2 Å². The smallest absolute Gasteiger partial charge is 0.416 e. The zero-order valence-corrected chi connectivity index (χ0v) is 15.8. The Labute approximate surface area is 166 Å². The van der Waals surface area contributed by atoms with Crippen LogP contribution in [0.3, 0.4) is 0 Å². The number of alkyl halides is 3. The van der Waals surface area contributed by atoms with Gasteiger partial charge in [-0.25, -0.2) is 9.59 Å². The number of hydrogen-bond acceptors (Lipinski definition) is 3. The molecule has 2 bridgehead atoms. The second-order valence-corrected chi connectivity index (χ2v) is 7.82. The number of hydrogen-bond donors (Lipinski definition) is 2. The average molecular weight is 409 g/mol. The van der Waals surface area contributed by atoms with Crippen molar-refractivity contribution in [2.24, 2.45) is 17.8 Å². The SMILES string of the molecule is CN1CC2C3C=CC(C3)C2(c2cccc(C(F)(F)F)c2)C1.O=C(O)C=CC(=O)O. The van der Waals surface area contributed by atoms with Gasteiger partial charge in [0.15, 0.2) is 0 Å². The number of nitrogens with zero attached hydrogens (tertiary/aromatic N) is 1. The maximum atomic E-state index is 13.0. The second kappa shape index (κ2) is 7.67. The zero-order valence-electron chi connectivity index (χ0n) is 15.8. The molecule has 0 amide bonds. The molecule has 2 fully saturated rings. The molecular formula is C21H22F3NO4. The normalized spacial score (nSPS) is 30.3. The van der Waals surface area contributed by atoms with Crippen molar-refractivity contribution in [3.63, 3.8) is 0 Å². The first-order chi connectivity index (χ1) is 13.5. The Kier molecular flexibility index (Phi) is 5.58. The van der Waals surface area contributed by atoms with E-state index in [1.165, 1.54) is 12.1 Å². The number of allylic oxidation sites excluding steroid dienone is 2. The number of rotatable bonds is 3. The fraction of sp³-hybridized carbons (Fsp3) is 0.429. The van der Waals surface area contributed by atoms with E-state index >= 15 is 0 Å². The van der Waals surface area contributed by atoms with Crippen molar-refractivity contribution in [3.8, 4) is 0 Å². The molecule has 2 aliphatic carbocycles. The van der Waals surface area contributed by atoms with E-state index in [4.69, 9.17) is 10.2 Å². The Hall–Kier alpha value is -2.61. The van der Waals surface area contributed by atoms with Crippen LogP contribution in [-0.2, 0) is 21.2 Å². The van der Waals surface area contributed by atoms with Gasteiger partial charge in [-0.3, -0.25) is 0 Å². The number of carboxylic acids is 2. The highest BCUT2D eigenvalue weighted by Gasteiger charge is 2.60. The Morgan fingerprint density at radius 3 is 2.41 bits per heavy atom. The van der Waals surface area contributed by atoms with E-state index in [-0.39, 0.29) is 5.41 Å². The van der Waals surface area contributed by atoms with Crippen molar-refractivity contribution in [1.82, 2.24) is 4.90 Å². The summed E-state index contributed by atoms with van der Waals surface area (Å²) in [5.41, 5.74) is 0.244. The third-order valence-electron chi connectivity index (χ3n) is 6.09. The van der Waals surface area contributed by atoms with Crippen LogP contribution in [0.15, 0.2) is 48.6 Å². The fourth-order valence-electron chi connectivity index (χ4n) is 5.09. The van der Waals surface area contributed by atoms with Gasteiger partial charge in [0, 0.05) is 30.7 Å². The second-order valence-electron chi connectivity index (χ2n) is 7.82. The summed E-state index contributed by atoms with van der Waals surface area (Å²) in [4.78, 5) is 21.4. The van der Waals surface area contributed by atoms with E-state index < -0.39 is 23.7 Å². The monoisotopic (exact) mass is 409 g/mol. The summed E-state index contributed by atoms with van der Waals surface area (Å²) in [6.07, 6.45) is 2.47. The van der Waals surface area contributed by atoms with E-state index in [1.807, 2.05) is 6.07 Å². The molecule has 4 unspecified atom stereocenters. The number of fused-ring (bicyclic) bond motifs is 5. The van der Waals surface area contributed by atoms with Crippen LogP contribution in [0.1, 0.15) is 17.5 Å². The van der Waals surface area contributed by atoms with Crippen LogP contribution in [0.2, 0.25) is 0 Å². The predicted molar refractivity (Wildman–Crippen MR) is 99.3 cm³/mol. The molecule has 1 aliphatic heterocycles. The van der Waals surface area contributed by atoms with Gasteiger partial charge in [0.05, 0.1) is 5.56 Å². The summed E-state index contributed by atoms with van der Waals surface area (Å²) < 4.78 is 39.1. The molecule has 2 N–H and O–H groups in total. The van der Waals surface area contributed by atoms with Crippen molar-refractivity contribution in [2.45, 2.75) is 18.0 Å². The molecule has 3 aliphatic rings. The van der Waals surface area contributed by atoms with Gasteiger partial charge in [0.25, 0.3) is 0 Å². The first-order valence-electron chi connectivity index (χ1n) is 9.22. The molecular weight excluding hydrogens is 387 g/mol. The standard InChI is InChI=1S/C17H18F3N.C4H4O4/c1-21-9-15-11-5-6-13(7-11)16(15,10-21)12-3-2-4-14(8-12)17(18,19)20;5-3(6)1-2-4(7)8/h2-6,8,11,13,15H,7,9-10H2,1H3;1-2H,(H,5,6)(H,7,8). The third kappa shape index (κ3) is 4.07. The van der Waals surface area contributed by atoms with Crippen LogP contribution >= 0.6 is 0 Å². The lowest BCUT2D eigenvalue weighted by Crippen LogP contribution is -2.39. The zero-order chi connectivity index (χ0) is 21.4. The minimum absolute atomic E-state index is 0.116. The van der Waals surface area contributed by atoms with Crippen LogP contribution in [0.25, 0.3) is 0 Å². The lowest BCUT2D eigenvalue weighted by atomic mass is 9.66. The number of likely N-dealkylation sites (tertiary alicyclic amines) is 1. The fourth-order valence-corrected chi connectivity index (χ4v) is 5.09. The summed E-state index contributed by atoms with van der Waals surface area (Å²) in [6.45, 7) is 1.85. The lowest BCUT2D eigenvalue weighted by Gasteiger charge is -2.37. The largest absolute Gasteiger partial charge is 0.478 e. The summed E-state index contributed by atoms with van der Waals surface area (Å²) >= 11 is 0.